The van der Waals surface area contributed by atoms with Crippen molar-refractivity contribution in [3.8, 4) is 5.88 Å². The Morgan fingerprint density at radius 2 is 2.00 bits per heavy atom. The second-order valence-corrected chi connectivity index (χ2v) is 9.37. The molecule has 0 bridgehead atoms. The molecule has 0 amide bonds. The third kappa shape index (κ3) is 3.78. The summed E-state index contributed by atoms with van der Waals surface area (Å²) >= 11 is 0. The maximum atomic E-state index is 12.2. The van der Waals surface area contributed by atoms with Gasteiger partial charge in [0.15, 0.2) is 5.60 Å². The smallest absolute Gasteiger partial charge is 0.341 e. The molecule has 1 saturated carbocycles. The molecule has 0 saturated heterocycles. The minimum atomic E-state index is -0.725. The lowest BCUT2D eigenvalue weighted by Crippen LogP contribution is -2.32. The molecule has 3 N–H and O–H groups in total. The SMILES string of the molecule is CC[C@](C)(N)c1cnc(OC2CC2)c2cnc(Nc3ccc4c(n3)[C@@](C)(CC)OC4=O)cc12. The van der Waals surface area contributed by atoms with E-state index in [2.05, 4.69) is 22.2 Å². The minimum Gasteiger partial charge on any atom is -0.474 e. The van der Waals surface area contributed by atoms with Gasteiger partial charge in [-0.2, -0.15) is 0 Å². The Balaban J connectivity index is 1.55. The van der Waals surface area contributed by atoms with Crippen LogP contribution in [0, 0.1) is 0 Å². The Labute approximate surface area is 192 Å². The molecule has 0 aromatic carbocycles. The Kier molecular flexibility index (Phi) is 5.01. The standard InChI is InChI=1S/C25H29N5O3/c1-5-24(3,26)18-13-28-22(32-14-7-8-14)17-12-27-20(11-16(17)18)29-19-10-9-15-21(30-19)25(4,6-2)33-23(15)31/h9-14H,5-8,26H2,1-4H3,(H,27,29,30)/t24-,25+/m0/s1. The molecule has 5 rings (SSSR count). The number of esters is 1. The lowest BCUT2D eigenvalue weighted by molar-refractivity contribution is -0.00220. The summed E-state index contributed by atoms with van der Waals surface area (Å²) in [6.07, 6.45) is 7.32. The summed E-state index contributed by atoms with van der Waals surface area (Å²) < 4.78 is 11.6. The second kappa shape index (κ2) is 7.66. The van der Waals surface area contributed by atoms with Crippen molar-refractivity contribution in [2.75, 3.05) is 5.32 Å². The normalized spacial score (nSPS) is 21.4. The molecule has 2 aliphatic rings. The maximum absolute atomic E-state index is 12.2. The number of pyridine rings is 3. The number of hydrogen-bond donors (Lipinski definition) is 2. The van der Waals surface area contributed by atoms with Crippen molar-refractivity contribution in [3.05, 3.63) is 47.4 Å². The summed E-state index contributed by atoms with van der Waals surface area (Å²) in [4.78, 5) is 26.1. The van der Waals surface area contributed by atoms with E-state index in [1.54, 1.807) is 18.3 Å². The van der Waals surface area contributed by atoms with Crippen LogP contribution in [-0.4, -0.2) is 27.0 Å². The van der Waals surface area contributed by atoms with Gasteiger partial charge in [0.1, 0.15) is 23.4 Å². The molecule has 0 radical (unpaired) electrons. The lowest BCUT2D eigenvalue weighted by atomic mass is 9.88. The average molecular weight is 448 g/mol. The molecule has 1 aliphatic heterocycles. The Morgan fingerprint density at radius 3 is 2.70 bits per heavy atom. The minimum absolute atomic E-state index is 0.230. The zero-order chi connectivity index (χ0) is 23.4. The molecule has 4 heterocycles. The number of fused-ring (bicyclic) bond motifs is 2. The zero-order valence-corrected chi connectivity index (χ0v) is 19.4. The highest BCUT2D eigenvalue weighted by Gasteiger charge is 2.42. The molecule has 1 aliphatic carbocycles. The molecule has 0 unspecified atom stereocenters. The van der Waals surface area contributed by atoms with E-state index in [0.29, 0.717) is 35.2 Å². The first-order valence-electron chi connectivity index (χ1n) is 11.5. The third-order valence-electron chi connectivity index (χ3n) is 6.75. The predicted molar refractivity (Wildman–Crippen MR) is 126 cm³/mol. The summed E-state index contributed by atoms with van der Waals surface area (Å²) in [6, 6.07) is 5.48. The highest BCUT2D eigenvalue weighted by atomic mass is 16.6. The van der Waals surface area contributed by atoms with E-state index in [-0.39, 0.29) is 12.1 Å². The molecule has 172 valence electrons. The number of nitrogens with zero attached hydrogens (tertiary/aromatic N) is 3. The summed E-state index contributed by atoms with van der Waals surface area (Å²) in [5.41, 5.74) is 7.43. The summed E-state index contributed by atoms with van der Waals surface area (Å²) in [5, 5.41) is 5.07. The maximum Gasteiger partial charge on any atom is 0.341 e. The largest absolute Gasteiger partial charge is 0.474 e. The van der Waals surface area contributed by atoms with Crippen molar-refractivity contribution in [3.63, 3.8) is 0 Å². The summed E-state index contributed by atoms with van der Waals surface area (Å²) in [5.74, 6) is 1.47. The van der Waals surface area contributed by atoms with Crippen molar-refractivity contribution in [1.82, 2.24) is 15.0 Å². The van der Waals surface area contributed by atoms with E-state index < -0.39 is 11.1 Å². The van der Waals surface area contributed by atoms with E-state index in [9.17, 15) is 4.79 Å². The van der Waals surface area contributed by atoms with Gasteiger partial charge in [0.05, 0.1) is 10.9 Å². The Bertz CT molecular complexity index is 1250. The molecular formula is C25H29N5O3. The number of carbonyl (C=O) groups is 1. The lowest BCUT2D eigenvalue weighted by Gasteiger charge is -2.25. The molecule has 8 heteroatoms. The van der Waals surface area contributed by atoms with Gasteiger partial charge in [0.25, 0.3) is 0 Å². The molecule has 3 aromatic rings. The number of nitrogens with two attached hydrogens (primary N) is 1. The van der Waals surface area contributed by atoms with Gasteiger partial charge < -0.3 is 20.5 Å². The molecule has 0 spiro atoms. The van der Waals surface area contributed by atoms with Crippen LogP contribution in [0.25, 0.3) is 10.8 Å². The van der Waals surface area contributed by atoms with Gasteiger partial charge in [-0.1, -0.05) is 13.8 Å². The van der Waals surface area contributed by atoms with Gasteiger partial charge >= 0.3 is 5.97 Å². The number of nitrogens with one attached hydrogen (secondary N) is 1. The highest BCUT2D eigenvalue weighted by Crippen LogP contribution is 2.39. The predicted octanol–water partition coefficient (Wildman–Crippen LogP) is 4.69. The van der Waals surface area contributed by atoms with E-state index in [0.717, 1.165) is 35.6 Å². The molecule has 3 aromatic heterocycles. The van der Waals surface area contributed by atoms with Gasteiger partial charge in [-0.05, 0) is 68.7 Å². The monoisotopic (exact) mass is 447 g/mol. The number of aromatic nitrogens is 3. The number of rotatable bonds is 7. The number of hydrogen-bond acceptors (Lipinski definition) is 8. The fraction of sp³-hybridized carbons (Fsp3) is 0.440. The van der Waals surface area contributed by atoms with Crippen molar-refractivity contribution in [1.29, 1.82) is 0 Å². The fourth-order valence-corrected chi connectivity index (χ4v) is 4.04. The fourth-order valence-electron chi connectivity index (χ4n) is 4.04. The quantitative estimate of drug-likeness (QED) is 0.502. The van der Waals surface area contributed by atoms with Gasteiger partial charge in [-0.3, -0.25) is 0 Å². The van der Waals surface area contributed by atoms with Crippen molar-refractivity contribution >= 4 is 28.4 Å². The van der Waals surface area contributed by atoms with Crippen molar-refractivity contribution in [2.45, 2.75) is 70.6 Å². The zero-order valence-electron chi connectivity index (χ0n) is 19.4. The van der Waals surface area contributed by atoms with Gasteiger partial charge in [0, 0.05) is 17.9 Å². The number of carbonyl (C=O) groups excluding carboxylic acids is 1. The van der Waals surface area contributed by atoms with Crippen LogP contribution in [0.5, 0.6) is 5.88 Å². The van der Waals surface area contributed by atoms with E-state index in [4.69, 9.17) is 20.2 Å². The van der Waals surface area contributed by atoms with Crippen LogP contribution in [0.2, 0.25) is 0 Å². The molecule has 33 heavy (non-hydrogen) atoms. The Morgan fingerprint density at radius 1 is 1.21 bits per heavy atom. The van der Waals surface area contributed by atoms with E-state index >= 15 is 0 Å². The van der Waals surface area contributed by atoms with Crippen LogP contribution in [0.4, 0.5) is 11.6 Å². The summed E-state index contributed by atoms with van der Waals surface area (Å²) in [6.45, 7) is 7.92. The number of cyclic esters (lactones) is 1. The van der Waals surface area contributed by atoms with Crippen LogP contribution in [-0.2, 0) is 15.9 Å². The first-order valence-corrected chi connectivity index (χ1v) is 11.5. The van der Waals surface area contributed by atoms with Gasteiger partial charge in [-0.25, -0.2) is 19.7 Å². The molecular weight excluding hydrogens is 418 g/mol. The van der Waals surface area contributed by atoms with Crippen LogP contribution in [0.3, 0.4) is 0 Å². The van der Waals surface area contributed by atoms with Crippen molar-refractivity contribution in [2.24, 2.45) is 5.73 Å². The second-order valence-electron chi connectivity index (χ2n) is 9.37. The Hall–Kier alpha value is -3.26. The van der Waals surface area contributed by atoms with E-state index in [1.807, 2.05) is 33.0 Å². The average Bonchev–Trinajstić information content (AvgIpc) is 3.58. The first kappa shape index (κ1) is 21.6. The van der Waals surface area contributed by atoms with Gasteiger partial charge in [-0.15, -0.1) is 0 Å². The number of anilines is 2. The highest BCUT2D eigenvalue weighted by molar-refractivity contribution is 5.94. The molecule has 8 nitrogen and oxygen atoms in total. The number of ether oxygens (including phenoxy) is 2. The van der Waals surface area contributed by atoms with Gasteiger partial charge in [0.2, 0.25) is 5.88 Å². The molecule has 1 fully saturated rings. The first-order chi connectivity index (χ1) is 15.7. The third-order valence-corrected chi connectivity index (χ3v) is 6.75. The van der Waals surface area contributed by atoms with Crippen molar-refractivity contribution < 1.29 is 14.3 Å². The van der Waals surface area contributed by atoms with Crippen LogP contribution >= 0.6 is 0 Å². The van der Waals surface area contributed by atoms with E-state index in [1.165, 1.54) is 0 Å². The van der Waals surface area contributed by atoms with Crippen LogP contribution in [0.1, 0.15) is 75.0 Å². The topological polar surface area (TPSA) is 112 Å². The molecule has 2 atom stereocenters. The van der Waals surface area contributed by atoms with Crippen LogP contribution in [0.15, 0.2) is 30.6 Å². The van der Waals surface area contributed by atoms with Crippen LogP contribution < -0.4 is 15.8 Å². The summed E-state index contributed by atoms with van der Waals surface area (Å²) in [7, 11) is 0.